The Balaban J connectivity index is 1.33. The van der Waals surface area contributed by atoms with Crippen molar-refractivity contribution >= 4 is 39.6 Å². The van der Waals surface area contributed by atoms with E-state index >= 15 is 0 Å². The molecule has 0 aliphatic rings. The largest absolute Gasteiger partial charge is 0.383 e. The third-order valence-electron chi connectivity index (χ3n) is 4.86. The molecule has 0 aliphatic carbocycles. The molecule has 0 saturated heterocycles. The molecular formula is C22H24N4O2S. The zero-order valence-electron chi connectivity index (χ0n) is 16.4. The van der Waals surface area contributed by atoms with Crippen LogP contribution in [0.25, 0.3) is 21.9 Å². The number of H-pyrrole nitrogens is 1. The number of hydrogen-bond donors (Lipinski definition) is 2. The Morgan fingerprint density at radius 3 is 2.93 bits per heavy atom. The highest BCUT2D eigenvalue weighted by Crippen LogP contribution is 2.24. The molecule has 0 radical (unpaired) electrons. The highest BCUT2D eigenvalue weighted by molar-refractivity contribution is 7.99. The number of thioether (sulfide) groups is 1. The monoisotopic (exact) mass is 408 g/mol. The van der Waals surface area contributed by atoms with E-state index in [0.717, 1.165) is 28.1 Å². The van der Waals surface area contributed by atoms with Crippen molar-refractivity contribution < 1.29 is 9.53 Å². The number of benzene rings is 2. The number of methoxy groups -OCH3 is 1. The number of ether oxygens (including phenoxy) is 1. The summed E-state index contributed by atoms with van der Waals surface area (Å²) >= 11 is 1.46. The Bertz CT molecular complexity index is 1120. The van der Waals surface area contributed by atoms with Crippen LogP contribution in [0.1, 0.15) is 5.56 Å². The number of rotatable bonds is 9. The Kier molecular flexibility index (Phi) is 6.17. The van der Waals surface area contributed by atoms with Crippen molar-refractivity contribution in [2.24, 2.45) is 0 Å². The second-order valence-electron chi connectivity index (χ2n) is 6.78. The molecule has 0 atom stereocenters. The van der Waals surface area contributed by atoms with Crippen LogP contribution in [-0.2, 0) is 22.5 Å². The first-order chi connectivity index (χ1) is 14.3. The van der Waals surface area contributed by atoms with Gasteiger partial charge in [-0.15, -0.1) is 0 Å². The molecule has 0 fully saturated rings. The van der Waals surface area contributed by atoms with Crippen LogP contribution in [-0.4, -0.2) is 46.5 Å². The predicted molar refractivity (Wildman–Crippen MR) is 117 cm³/mol. The van der Waals surface area contributed by atoms with E-state index in [1.54, 1.807) is 7.11 Å². The highest BCUT2D eigenvalue weighted by Gasteiger charge is 2.13. The van der Waals surface area contributed by atoms with Crippen LogP contribution in [0, 0.1) is 0 Å². The lowest BCUT2D eigenvalue weighted by Gasteiger charge is -2.08. The van der Waals surface area contributed by atoms with E-state index in [-0.39, 0.29) is 5.91 Å². The number of imidazole rings is 1. The fraction of sp³-hybridized carbons (Fsp3) is 0.273. The molecule has 0 bridgehead atoms. The Morgan fingerprint density at radius 1 is 1.21 bits per heavy atom. The number of nitrogens with zero attached hydrogens (tertiary/aromatic N) is 2. The van der Waals surface area contributed by atoms with Crippen LogP contribution in [0.2, 0.25) is 0 Å². The molecule has 6 nitrogen and oxygen atoms in total. The second-order valence-corrected chi connectivity index (χ2v) is 7.72. The molecule has 1 amide bonds. The van der Waals surface area contributed by atoms with Crippen molar-refractivity contribution in [1.82, 2.24) is 19.9 Å². The average Bonchev–Trinajstić information content (AvgIpc) is 3.32. The first-order valence-corrected chi connectivity index (χ1v) is 10.6. The summed E-state index contributed by atoms with van der Waals surface area (Å²) in [5, 5.41) is 5.07. The molecular weight excluding hydrogens is 384 g/mol. The van der Waals surface area contributed by atoms with Gasteiger partial charge in [-0.05, 0) is 30.2 Å². The van der Waals surface area contributed by atoms with Crippen LogP contribution >= 0.6 is 11.8 Å². The van der Waals surface area contributed by atoms with Crippen LogP contribution in [0.5, 0.6) is 0 Å². The average molecular weight is 409 g/mol. The lowest BCUT2D eigenvalue weighted by Crippen LogP contribution is -2.27. The maximum Gasteiger partial charge on any atom is 0.230 e. The lowest BCUT2D eigenvalue weighted by molar-refractivity contribution is -0.118. The number of aromatic nitrogens is 3. The Labute approximate surface area is 173 Å². The minimum atomic E-state index is 0.0141. The Morgan fingerprint density at radius 2 is 2.03 bits per heavy atom. The first-order valence-electron chi connectivity index (χ1n) is 9.65. The van der Waals surface area contributed by atoms with Gasteiger partial charge in [-0.1, -0.05) is 42.1 Å². The van der Waals surface area contributed by atoms with Gasteiger partial charge in [-0.2, -0.15) is 0 Å². The number of carbonyl (C=O) groups is 1. The third-order valence-corrected chi connectivity index (χ3v) is 5.84. The van der Waals surface area contributed by atoms with Gasteiger partial charge in [0.1, 0.15) is 0 Å². The molecule has 4 aromatic rings. The molecule has 0 unspecified atom stereocenters. The molecule has 2 aromatic carbocycles. The Hall–Kier alpha value is -2.77. The van der Waals surface area contributed by atoms with Crippen LogP contribution < -0.4 is 5.32 Å². The quantitative estimate of drug-likeness (QED) is 0.415. The summed E-state index contributed by atoms with van der Waals surface area (Å²) in [4.78, 5) is 20.3. The molecule has 2 heterocycles. The van der Waals surface area contributed by atoms with Crippen molar-refractivity contribution in [1.29, 1.82) is 0 Å². The van der Waals surface area contributed by atoms with Gasteiger partial charge < -0.3 is 19.6 Å². The fourth-order valence-electron chi connectivity index (χ4n) is 3.42. The van der Waals surface area contributed by atoms with Gasteiger partial charge in [0, 0.05) is 37.3 Å². The second kappa shape index (κ2) is 9.15. The predicted octanol–water partition coefficient (Wildman–Crippen LogP) is 3.62. The smallest absolute Gasteiger partial charge is 0.230 e. The van der Waals surface area contributed by atoms with Crippen molar-refractivity contribution in [3.63, 3.8) is 0 Å². The zero-order valence-corrected chi connectivity index (χ0v) is 17.2. The fourth-order valence-corrected chi connectivity index (χ4v) is 4.29. The minimum Gasteiger partial charge on any atom is -0.383 e. The van der Waals surface area contributed by atoms with Gasteiger partial charge in [-0.25, -0.2) is 4.98 Å². The van der Waals surface area contributed by atoms with Gasteiger partial charge >= 0.3 is 0 Å². The van der Waals surface area contributed by atoms with Crippen LogP contribution in [0.3, 0.4) is 0 Å². The SMILES string of the molecule is COCCn1c(SCC(=O)NCCc2c[nH]c3ccccc23)nc2ccccc21. The summed E-state index contributed by atoms with van der Waals surface area (Å²) in [6.45, 7) is 1.92. The van der Waals surface area contributed by atoms with E-state index in [1.807, 2.05) is 42.6 Å². The van der Waals surface area contributed by atoms with Gasteiger partial charge in [0.05, 0.1) is 23.4 Å². The summed E-state index contributed by atoms with van der Waals surface area (Å²) in [6, 6.07) is 16.2. The van der Waals surface area contributed by atoms with Crippen LogP contribution in [0.4, 0.5) is 0 Å². The van der Waals surface area contributed by atoms with Crippen LogP contribution in [0.15, 0.2) is 59.9 Å². The van der Waals surface area contributed by atoms with Crippen molar-refractivity contribution in [2.45, 2.75) is 18.1 Å². The molecule has 0 spiro atoms. The van der Waals surface area contributed by atoms with Gasteiger partial charge in [0.25, 0.3) is 0 Å². The zero-order chi connectivity index (χ0) is 20.1. The molecule has 7 heteroatoms. The summed E-state index contributed by atoms with van der Waals surface area (Å²) in [5.41, 5.74) is 4.34. The number of fused-ring (bicyclic) bond motifs is 2. The molecule has 2 aromatic heterocycles. The van der Waals surface area contributed by atoms with E-state index in [0.29, 0.717) is 25.4 Å². The number of hydrogen-bond acceptors (Lipinski definition) is 4. The summed E-state index contributed by atoms with van der Waals surface area (Å²) in [6.07, 6.45) is 2.82. The van der Waals surface area contributed by atoms with Crippen molar-refractivity contribution in [2.75, 3.05) is 26.0 Å². The van der Waals surface area contributed by atoms with E-state index in [4.69, 9.17) is 4.74 Å². The van der Waals surface area contributed by atoms with Gasteiger partial charge in [0.15, 0.2) is 5.16 Å². The topological polar surface area (TPSA) is 71.9 Å². The van der Waals surface area contributed by atoms with Gasteiger partial charge in [0.2, 0.25) is 5.91 Å². The van der Waals surface area contributed by atoms with Crippen molar-refractivity contribution in [3.05, 3.63) is 60.3 Å². The minimum absolute atomic E-state index is 0.0141. The third kappa shape index (κ3) is 4.46. The van der Waals surface area contributed by atoms with E-state index < -0.39 is 0 Å². The van der Waals surface area contributed by atoms with Crippen molar-refractivity contribution in [3.8, 4) is 0 Å². The molecule has 150 valence electrons. The summed E-state index contributed by atoms with van der Waals surface area (Å²) in [5.74, 6) is 0.352. The molecule has 4 rings (SSSR count). The maximum absolute atomic E-state index is 12.3. The van der Waals surface area contributed by atoms with Gasteiger partial charge in [-0.3, -0.25) is 4.79 Å². The number of para-hydroxylation sites is 3. The summed E-state index contributed by atoms with van der Waals surface area (Å²) in [7, 11) is 1.69. The maximum atomic E-state index is 12.3. The molecule has 0 saturated carbocycles. The highest BCUT2D eigenvalue weighted by atomic mass is 32.2. The van der Waals surface area contributed by atoms with E-state index in [1.165, 1.54) is 22.7 Å². The first kappa shape index (κ1) is 19.5. The summed E-state index contributed by atoms with van der Waals surface area (Å²) < 4.78 is 7.34. The number of nitrogens with one attached hydrogen (secondary N) is 2. The number of carbonyl (C=O) groups excluding carboxylic acids is 1. The standard InChI is InChI=1S/C22H24N4O2S/c1-28-13-12-26-20-9-5-4-8-19(20)25-22(26)29-15-21(27)23-11-10-16-14-24-18-7-3-2-6-17(16)18/h2-9,14,24H,10-13,15H2,1H3,(H,23,27). The molecule has 2 N–H and O–H groups in total. The number of aromatic amines is 1. The lowest BCUT2D eigenvalue weighted by atomic mass is 10.1. The van der Waals surface area contributed by atoms with E-state index in [2.05, 4.69) is 32.0 Å². The number of amides is 1. The molecule has 29 heavy (non-hydrogen) atoms. The molecule has 0 aliphatic heterocycles. The normalized spacial score (nSPS) is 11.3. The van der Waals surface area contributed by atoms with E-state index in [9.17, 15) is 4.79 Å².